The molecule has 1 saturated heterocycles. The Hall–Kier alpha value is -0.730. The summed E-state index contributed by atoms with van der Waals surface area (Å²) in [6.07, 6.45) is 0. The van der Waals surface area contributed by atoms with Gasteiger partial charge in [-0.2, -0.15) is 0 Å². The second kappa shape index (κ2) is 9.54. The van der Waals surface area contributed by atoms with Gasteiger partial charge in [0.15, 0.2) is 0 Å². The van der Waals surface area contributed by atoms with Crippen molar-refractivity contribution in [3.05, 3.63) is 0 Å². The fraction of sp³-hybridized carbons (Fsp3) is 0.938. The van der Waals surface area contributed by atoms with Gasteiger partial charge in [-0.15, -0.1) is 0 Å². The lowest BCUT2D eigenvalue weighted by molar-refractivity contribution is -0.134. The van der Waals surface area contributed by atoms with Crippen molar-refractivity contribution in [2.75, 3.05) is 59.9 Å². The Morgan fingerprint density at radius 1 is 0.870 bits per heavy atom. The van der Waals surface area contributed by atoms with Crippen molar-refractivity contribution in [2.45, 2.75) is 38.9 Å². The van der Waals surface area contributed by atoms with Crippen LogP contribution >= 0.6 is 0 Å². The molecule has 0 atom stereocenters. The van der Waals surface area contributed by atoms with Crippen LogP contribution in [0.25, 0.3) is 0 Å². The summed E-state index contributed by atoms with van der Waals surface area (Å²) >= 11 is 0. The van der Waals surface area contributed by atoms with Gasteiger partial charge in [0.25, 0.3) is 0 Å². The van der Waals surface area contributed by atoms with E-state index >= 15 is 0 Å². The van der Waals surface area contributed by atoms with Crippen molar-refractivity contribution < 1.29 is 23.7 Å². The quantitative estimate of drug-likeness (QED) is 0.529. The van der Waals surface area contributed by atoms with Gasteiger partial charge in [0.2, 0.25) is 5.91 Å². The van der Waals surface area contributed by atoms with E-state index in [1.54, 1.807) is 7.11 Å². The molecule has 0 bridgehead atoms. The Morgan fingerprint density at radius 3 is 1.78 bits per heavy atom. The molecular formula is C16H32N2O5. The summed E-state index contributed by atoms with van der Waals surface area (Å²) in [5.41, 5.74) is -0.866. The maximum absolute atomic E-state index is 12.3. The maximum atomic E-state index is 12.3. The summed E-state index contributed by atoms with van der Waals surface area (Å²) in [6.45, 7) is 12.2. The molecule has 1 heterocycles. The number of carbonyl (C=O) groups is 1. The molecule has 1 rings (SSSR count). The molecule has 1 fully saturated rings. The second-order valence-electron chi connectivity index (χ2n) is 6.60. The molecule has 0 radical (unpaired) electrons. The standard InChI is InChI=1S/C16H32N2O5/c1-15(2)14(19)18(16(3,4)17-15)6-7-21-10-11-23-13-12-22-9-8-20-5/h17H,6-13H2,1-5H3. The van der Waals surface area contributed by atoms with E-state index < -0.39 is 5.54 Å². The van der Waals surface area contributed by atoms with Gasteiger partial charge in [0.1, 0.15) is 0 Å². The molecule has 1 aliphatic rings. The predicted molar refractivity (Wildman–Crippen MR) is 87.3 cm³/mol. The molecule has 0 saturated carbocycles. The molecule has 1 amide bonds. The van der Waals surface area contributed by atoms with Crippen molar-refractivity contribution >= 4 is 5.91 Å². The summed E-state index contributed by atoms with van der Waals surface area (Å²) in [6, 6.07) is 0. The third-order valence-corrected chi connectivity index (χ3v) is 3.71. The van der Waals surface area contributed by atoms with E-state index in [0.717, 1.165) is 0 Å². The van der Waals surface area contributed by atoms with Crippen LogP contribution in [0.15, 0.2) is 0 Å². The molecule has 0 aliphatic carbocycles. The average molecular weight is 332 g/mol. The van der Waals surface area contributed by atoms with Gasteiger partial charge >= 0.3 is 0 Å². The smallest absolute Gasteiger partial charge is 0.243 e. The van der Waals surface area contributed by atoms with Crippen molar-refractivity contribution in [1.29, 1.82) is 0 Å². The van der Waals surface area contributed by atoms with Crippen LogP contribution in [-0.4, -0.2) is 81.9 Å². The van der Waals surface area contributed by atoms with E-state index in [4.69, 9.17) is 18.9 Å². The highest BCUT2D eigenvalue weighted by Crippen LogP contribution is 2.27. The molecular weight excluding hydrogens is 300 g/mol. The van der Waals surface area contributed by atoms with E-state index in [9.17, 15) is 4.79 Å². The summed E-state index contributed by atoms with van der Waals surface area (Å²) in [7, 11) is 1.64. The maximum Gasteiger partial charge on any atom is 0.243 e. The number of hydrogen-bond acceptors (Lipinski definition) is 6. The fourth-order valence-corrected chi connectivity index (χ4v) is 2.70. The van der Waals surface area contributed by atoms with Gasteiger partial charge in [-0.3, -0.25) is 10.1 Å². The molecule has 0 aromatic heterocycles. The summed E-state index contributed by atoms with van der Waals surface area (Å²) in [5.74, 6) is 0.107. The minimum Gasteiger partial charge on any atom is -0.382 e. The number of ether oxygens (including phenoxy) is 4. The van der Waals surface area contributed by atoms with Crippen molar-refractivity contribution in [1.82, 2.24) is 10.2 Å². The Kier molecular flexibility index (Phi) is 8.42. The average Bonchev–Trinajstić information content (AvgIpc) is 2.61. The zero-order valence-corrected chi connectivity index (χ0v) is 15.1. The Balaban J connectivity index is 2.04. The zero-order chi connectivity index (χ0) is 17.3. The van der Waals surface area contributed by atoms with Gasteiger partial charge in [-0.25, -0.2) is 0 Å². The van der Waals surface area contributed by atoms with Crippen molar-refractivity contribution in [3.63, 3.8) is 0 Å². The number of nitrogens with zero attached hydrogens (tertiary/aromatic N) is 1. The van der Waals surface area contributed by atoms with Crippen LogP contribution < -0.4 is 5.32 Å². The normalized spacial score (nSPS) is 19.5. The third-order valence-electron chi connectivity index (χ3n) is 3.71. The van der Waals surface area contributed by atoms with Crippen LogP contribution in [0, 0.1) is 0 Å². The largest absolute Gasteiger partial charge is 0.382 e. The first-order valence-corrected chi connectivity index (χ1v) is 8.15. The van der Waals surface area contributed by atoms with Gasteiger partial charge in [0.05, 0.1) is 57.4 Å². The molecule has 1 aliphatic heterocycles. The fourth-order valence-electron chi connectivity index (χ4n) is 2.70. The first kappa shape index (κ1) is 20.3. The van der Waals surface area contributed by atoms with Crippen LogP contribution in [0.1, 0.15) is 27.7 Å². The van der Waals surface area contributed by atoms with Gasteiger partial charge in [0, 0.05) is 13.7 Å². The molecule has 0 spiro atoms. The first-order chi connectivity index (χ1) is 10.8. The highest BCUT2D eigenvalue weighted by Gasteiger charge is 2.48. The van der Waals surface area contributed by atoms with Crippen LogP contribution in [0.5, 0.6) is 0 Å². The minimum atomic E-state index is -0.518. The van der Waals surface area contributed by atoms with Gasteiger partial charge in [-0.05, 0) is 27.7 Å². The highest BCUT2D eigenvalue weighted by molar-refractivity contribution is 5.88. The molecule has 7 heteroatoms. The summed E-state index contributed by atoms with van der Waals surface area (Å²) in [5, 5.41) is 3.33. The number of rotatable bonds is 12. The van der Waals surface area contributed by atoms with Crippen LogP contribution in [-0.2, 0) is 23.7 Å². The number of hydrogen-bond donors (Lipinski definition) is 1. The number of amides is 1. The lowest BCUT2D eigenvalue weighted by Crippen LogP contribution is -2.49. The summed E-state index contributed by atoms with van der Waals surface area (Å²) < 4.78 is 21.1. The highest BCUT2D eigenvalue weighted by atomic mass is 16.6. The molecule has 23 heavy (non-hydrogen) atoms. The molecule has 0 aromatic carbocycles. The lowest BCUT2D eigenvalue weighted by atomic mass is 10.1. The zero-order valence-electron chi connectivity index (χ0n) is 15.1. The monoisotopic (exact) mass is 332 g/mol. The number of carbonyl (C=O) groups excluding carboxylic acids is 1. The third kappa shape index (κ3) is 6.73. The van der Waals surface area contributed by atoms with Crippen LogP contribution in [0.2, 0.25) is 0 Å². The number of nitrogens with one attached hydrogen (secondary N) is 1. The van der Waals surface area contributed by atoms with E-state index in [2.05, 4.69) is 5.32 Å². The number of methoxy groups -OCH3 is 1. The molecule has 7 nitrogen and oxygen atoms in total. The van der Waals surface area contributed by atoms with E-state index in [1.807, 2.05) is 32.6 Å². The first-order valence-electron chi connectivity index (χ1n) is 8.15. The Bertz CT molecular complexity index is 360. The Labute approximate surface area is 139 Å². The van der Waals surface area contributed by atoms with E-state index in [0.29, 0.717) is 52.8 Å². The van der Waals surface area contributed by atoms with Crippen LogP contribution in [0.4, 0.5) is 0 Å². The lowest BCUT2D eigenvalue weighted by Gasteiger charge is -2.31. The molecule has 1 N–H and O–H groups in total. The van der Waals surface area contributed by atoms with E-state index in [1.165, 1.54) is 0 Å². The van der Waals surface area contributed by atoms with Crippen molar-refractivity contribution in [3.8, 4) is 0 Å². The SMILES string of the molecule is COCCOCCOCCOCCN1C(=O)C(C)(C)NC1(C)C. The van der Waals surface area contributed by atoms with Crippen molar-refractivity contribution in [2.24, 2.45) is 0 Å². The molecule has 0 unspecified atom stereocenters. The predicted octanol–water partition coefficient (Wildman–Crippen LogP) is 0.629. The molecule has 0 aromatic rings. The van der Waals surface area contributed by atoms with E-state index in [-0.39, 0.29) is 11.6 Å². The summed E-state index contributed by atoms with van der Waals surface area (Å²) in [4.78, 5) is 14.1. The Morgan fingerprint density at radius 2 is 1.35 bits per heavy atom. The molecule has 136 valence electrons. The van der Waals surface area contributed by atoms with Crippen LogP contribution in [0.3, 0.4) is 0 Å². The van der Waals surface area contributed by atoms with Gasteiger partial charge < -0.3 is 23.8 Å². The minimum absolute atomic E-state index is 0.107. The van der Waals surface area contributed by atoms with Gasteiger partial charge in [-0.1, -0.05) is 0 Å². The second-order valence-corrected chi connectivity index (χ2v) is 6.60. The topological polar surface area (TPSA) is 69.3 Å².